The molecular formula is C26H21F3N6O2. The summed E-state index contributed by atoms with van der Waals surface area (Å²) in [5.74, 6) is 0.766. The highest BCUT2D eigenvalue weighted by Gasteiger charge is 2.61. The fourth-order valence-electron chi connectivity index (χ4n) is 5.81. The predicted molar refractivity (Wildman–Crippen MR) is 128 cm³/mol. The highest BCUT2D eigenvalue weighted by Crippen LogP contribution is 2.47. The van der Waals surface area contributed by atoms with Gasteiger partial charge in [-0.25, -0.2) is 15.0 Å². The molecule has 11 heteroatoms. The van der Waals surface area contributed by atoms with Crippen molar-refractivity contribution in [1.29, 1.82) is 0 Å². The zero-order chi connectivity index (χ0) is 25.7. The van der Waals surface area contributed by atoms with Gasteiger partial charge in [-0.3, -0.25) is 4.79 Å². The van der Waals surface area contributed by atoms with Gasteiger partial charge in [0.05, 0.1) is 41.9 Å². The van der Waals surface area contributed by atoms with E-state index in [1.54, 1.807) is 19.2 Å². The monoisotopic (exact) mass is 506 g/mol. The highest BCUT2D eigenvalue weighted by molar-refractivity contribution is 5.99. The molecule has 2 N–H and O–H groups in total. The summed E-state index contributed by atoms with van der Waals surface area (Å²) in [4.78, 5) is 28.1. The van der Waals surface area contributed by atoms with E-state index in [2.05, 4.69) is 19.9 Å². The van der Waals surface area contributed by atoms with Gasteiger partial charge in [0.2, 0.25) is 5.95 Å². The SMILES string of the molecule is Cc1nc(N2CC(O)(C(F)(F)F)C2)ncc1-c1cccc2c1C1CC(NC2=O)c2nc3ccccc3n21. The molecule has 1 amide bonds. The average Bonchev–Trinajstić information content (AvgIpc) is 3.33. The summed E-state index contributed by atoms with van der Waals surface area (Å²) < 4.78 is 41.4. The summed E-state index contributed by atoms with van der Waals surface area (Å²) in [6.45, 7) is 0.536. The number of benzene rings is 2. The normalized spacial score (nSPS) is 21.8. The number of aryl methyl sites for hydroxylation is 1. The van der Waals surface area contributed by atoms with Crippen LogP contribution in [0.3, 0.4) is 0 Å². The zero-order valence-corrected chi connectivity index (χ0v) is 19.6. The minimum absolute atomic E-state index is 0.124. The van der Waals surface area contributed by atoms with Crippen LogP contribution in [0.25, 0.3) is 22.2 Å². The molecule has 188 valence electrons. The Morgan fingerprint density at radius 2 is 1.81 bits per heavy atom. The third-order valence-electron chi connectivity index (χ3n) is 7.67. The smallest absolute Gasteiger partial charge is 0.378 e. The standard InChI is InChI=1S/C26H21F3N6O2/c1-13-16(10-30-24(31-13)34-11-25(37,12-34)26(27,28)29)14-5-4-6-15-21(14)20-9-18(33-23(15)36)22-32-17-7-2-3-8-19(17)35(20)22/h2-8,10,18,20,37H,9,11-12H2,1H3,(H,33,36). The summed E-state index contributed by atoms with van der Waals surface area (Å²) in [7, 11) is 0. The molecule has 2 bridgehead atoms. The second kappa shape index (κ2) is 7.28. The number of carbonyl (C=O) groups excluding carboxylic acids is 1. The number of hydrogen-bond donors (Lipinski definition) is 2. The van der Waals surface area contributed by atoms with Crippen LogP contribution in [0.2, 0.25) is 0 Å². The molecule has 0 aliphatic carbocycles. The Kier molecular flexibility index (Phi) is 4.38. The van der Waals surface area contributed by atoms with E-state index >= 15 is 0 Å². The van der Waals surface area contributed by atoms with Gasteiger partial charge >= 0.3 is 6.18 Å². The van der Waals surface area contributed by atoms with Gasteiger partial charge in [-0.2, -0.15) is 13.2 Å². The van der Waals surface area contributed by atoms with E-state index in [-0.39, 0.29) is 23.9 Å². The van der Waals surface area contributed by atoms with Gasteiger partial charge in [0.1, 0.15) is 5.82 Å². The molecule has 2 unspecified atom stereocenters. The van der Waals surface area contributed by atoms with Crippen molar-refractivity contribution in [2.45, 2.75) is 37.2 Å². The summed E-state index contributed by atoms with van der Waals surface area (Å²) in [5.41, 5.74) is 2.56. The Hall–Kier alpha value is -3.99. The third kappa shape index (κ3) is 3.06. The first-order chi connectivity index (χ1) is 17.6. The van der Waals surface area contributed by atoms with Crippen LogP contribution in [-0.4, -0.2) is 55.4 Å². The van der Waals surface area contributed by atoms with Crippen molar-refractivity contribution in [3.05, 3.63) is 71.3 Å². The number of hydrogen-bond acceptors (Lipinski definition) is 6. The van der Waals surface area contributed by atoms with Crippen LogP contribution in [0.1, 0.15) is 45.9 Å². The number of carbonyl (C=O) groups is 1. The van der Waals surface area contributed by atoms with Crippen molar-refractivity contribution >= 4 is 22.9 Å². The maximum absolute atomic E-state index is 13.2. The van der Waals surface area contributed by atoms with Gasteiger partial charge in [0, 0.05) is 17.3 Å². The van der Waals surface area contributed by atoms with Gasteiger partial charge in [0.15, 0.2) is 5.60 Å². The lowest BCUT2D eigenvalue weighted by atomic mass is 9.89. The fourth-order valence-corrected chi connectivity index (χ4v) is 5.81. The number of imidazole rings is 1. The van der Waals surface area contributed by atoms with Crippen LogP contribution >= 0.6 is 0 Å². The van der Waals surface area contributed by atoms with E-state index in [4.69, 9.17) is 4.98 Å². The molecule has 0 spiro atoms. The Morgan fingerprint density at radius 1 is 1.05 bits per heavy atom. The molecule has 2 atom stereocenters. The Bertz CT molecular complexity index is 1610. The Balaban J connectivity index is 1.32. The fraction of sp³-hybridized carbons (Fsp3) is 0.308. The Morgan fingerprint density at radius 3 is 2.57 bits per heavy atom. The molecule has 0 radical (unpaired) electrons. The summed E-state index contributed by atoms with van der Waals surface area (Å²) in [6, 6.07) is 13.0. The highest BCUT2D eigenvalue weighted by atomic mass is 19.4. The van der Waals surface area contributed by atoms with Crippen LogP contribution < -0.4 is 10.2 Å². The summed E-state index contributed by atoms with van der Waals surface area (Å²) in [5, 5.41) is 12.9. The van der Waals surface area contributed by atoms with Crippen LogP contribution in [0.5, 0.6) is 0 Å². The second-order valence-corrected chi connectivity index (χ2v) is 9.93. The number of anilines is 1. The number of para-hydroxylation sites is 2. The second-order valence-electron chi connectivity index (χ2n) is 9.93. The van der Waals surface area contributed by atoms with Gasteiger partial charge in [-0.1, -0.05) is 24.3 Å². The number of halogens is 3. The summed E-state index contributed by atoms with van der Waals surface area (Å²) in [6.07, 6.45) is -2.47. The van der Waals surface area contributed by atoms with Crippen molar-refractivity contribution in [3.8, 4) is 11.1 Å². The van der Waals surface area contributed by atoms with E-state index in [1.165, 1.54) is 4.90 Å². The van der Waals surface area contributed by atoms with Gasteiger partial charge < -0.3 is 19.9 Å². The maximum Gasteiger partial charge on any atom is 0.420 e. The molecule has 1 fully saturated rings. The largest absolute Gasteiger partial charge is 0.420 e. The molecule has 0 saturated carbocycles. The quantitative estimate of drug-likeness (QED) is 0.431. The number of fused-ring (bicyclic) bond motifs is 9. The lowest BCUT2D eigenvalue weighted by molar-refractivity contribution is -0.267. The molecule has 3 aliphatic heterocycles. The van der Waals surface area contributed by atoms with E-state index < -0.39 is 24.9 Å². The van der Waals surface area contributed by atoms with Crippen molar-refractivity contribution < 1.29 is 23.1 Å². The van der Waals surface area contributed by atoms with E-state index in [9.17, 15) is 23.1 Å². The number of amides is 1. The van der Waals surface area contributed by atoms with E-state index in [0.29, 0.717) is 23.2 Å². The van der Waals surface area contributed by atoms with Crippen molar-refractivity contribution in [2.75, 3.05) is 18.0 Å². The minimum Gasteiger partial charge on any atom is -0.378 e. The van der Waals surface area contributed by atoms with Crippen molar-refractivity contribution in [1.82, 2.24) is 24.8 Å². The van der Waals surface area contributed by atoms with Crippen LogP contribution in [0.4, 0.5) is 19.1 Å². The van der Waals surface area contributed by atoms with E-state index in [1.807, 2.05) is 36.4 Å². The molecule has 7 rings (SSSR count). The molecule has 1 saturated heterocycles. The van der Waals surface area contributed by atoms with Gasteiger partial charge in [-0.15, -0.1) is 0 Å². The first kappa shape index (κ1) is 22.2. The molecule has 5 heterocycles. The summed E-state index contributed by atoms with van der Waals surface area (Å²) >= 11 is 0. The van der Waals surface area contributed by atoms with Crippen molar-refractivity contribution in [2.24, 2.45) is 0 Å². The number of alkyl halides is 3. The zero-order valence-electron chi connectivity index (χ0n) is 19.6. The number of nitrogens with one attached hydrogen (secondary N) is 1. The Labute approximate surface area is 208 Å². The lowest BCUT2D eigenvalue weighted by Crippen LogP contribution is -2.69. The first-order valence-corrected chi connectivity index (χ1v) is 11.9. The van der Waals surface area contributed by atoms with Gasteiger partial charge in [-0.05, 0) is 42.7 Å². The third-order valence-corrected chi connectivity index (χ3v) is 7.67. The number of aliphatic hydroxyl groups is 1. The maximum atomic E-state index is 13.2. The predicted octanol–water partition coefficient (Wildman–Crippen LogP) is 3.69. The number of β-amino-alcohol motifs (C(OH)–C–C–N with tert-alkyl or cyclic N) is 1. The van der Waals surface area contributed by atoms with Crippen LogP contribution in [-0.2, 0) is 0 Å². The van der Waals surface area contributed by atoms with E-state index in [0.717, 1.165) is 28.0 Å². The molecule has 8 nitrogen and oxygen atoms in total. The molecule has 37 heavy (non-hydrogen) atoms. The molecule has 2 aromatic heterocycles. The van der Waals surface area contributed by atoms with Crippen LogP contribution in [0.15, 0.2) is 48.7 Å². The number of nitrogens with zero attached hydrogens (tertiary/aromatic N) is 5. The molecule has 4 aromatic rings. The average molecular weight is 506 g/mol. The van der Waals surface area contributed by atoms with Crippen molar-refractivity contribution in [3.63, 3.8) is 0 Å². The first-order valence-electron chi connectivity index (χ1n) is 11.9. The van der Waals surface area contributed by atoms with Crippen LogP contribution in [0, 0.1) is 6.92 Å². The molecular weight excluding hydrogens is 485 g/mol. The minimum atomic E-state index is -4.71. The number of aromatic nitrogens is 4. The topological polar surface area (TPSA) is 96.2 Å². The molecule has 3 aliphatic rings. The molecule has 2 aromatic carbocycles. The number of rotatable bonds is 2. The van der Waals surface area contributed by atoms with Gasteiger partial charge in [0.25, 0.3) is 5.91 Å². The lowest BCUT2D eigenvalue weighted by Gasteiger charge is -2.46.